The number of nitrogens with one attached hydrogen (secondary N) is 4. The second-order valence-electron chi connectivity index (χ2n) is 10.4. The molecule has 250 valence electrons. The molecule has 0 bridgehead atoms. The standard InChI is InChI=1S/C29H37N5O12/c35-22-15-44-27(40)12-32-24(37)17-46-29(42)21(10-19-4-6-20(7-5-19)14-34-8-2-1-3-9-34)33-25(38)18-45-28(41)13-31-23(36)16-43-26(39)11-30-22/h4-7,21H,1-3,8-18H2,(H,30,35)(H,31,36)(H,32,37)(H,33,38). The van der Waals surface area contributed by atoms with Crippen LogP contribution in [0.1, 0.15) is 30.4 Å². The largest absolute Gasteiger partial charge is 0.454 e. The Morgan fingerprint density at radius 2 is 1.00 bits per heavy atom. The predicted molar refractivity (Wildman–Crippen MR) is 154 cm³/mol. The third kappa shape index (κ3) is 13.7. The van der Waals surface area contributed by atoms with E-state index in [9.17, 15) is 38.4 Å². The summed E-state index contributed by atoms with van der Waals surface area (Å²) >= 11 is 0. The first-order valence-corrected chi connectivity index (χ1v) is 14.6. The Balaban J connectivity index is 1.63. The number of piperidine rings is 1. The van der Waals surface area contributed by atoms with E-state index < -0.39 is 99.6 Å². The van der Waals surface area contributed by atoms with Crippen LogP contribution < -0.4 is 21.3 Å². The van der Waals surface area contributed by atoms with Crippen LogP contribution >= 0.6 is 0 Å². The van der Waals surface area contributed by atoms with E-state index in [2.05, 4.69) is 35.6 Å². The average Bonchev–Trinajstić information content (AvgIpc) is 3.05. The molecule has 1 atom stereocenters. The molecule has 0 spiro atoms. The highest BCUT2D eigenvalue weighted by atomic mass is 16.6. The van der Waals surface area contributed by atoms with E-state index in [1.165, 1.54) is 6.42 Å². The molecule has 1 unspecified atom stereocenters. The van der Waals surface area contributed by atoms with Crippen LogP contribution in [0.2, 0.25) is 0 Å². The summed E-state index contributed by atoms with van der Waals surface area (Å²) in [7, 11) is 0. The summed E-state index contributed by atoms with van der Waals surface area (Å²) in [6.45, 7) is -2.27. The number of cyclic esters (lactones) is 4. The lowest BCUT2D eigenvalue weighted by molar-refractivity contribution is -0.154. The molecular formula is C29H37N5O12. The Morgan fingerprint density at radius 3 is 1.50 bits per heavy atom. The average molecular weight is 648 g/mol. The molecule has 0 aromatic heterocycles. The molecule has 2 fully saturated rings. The molecule has 2 heterocycles. The lowest BCUT2D eigenvalue weighted by Gasteiger charge is -2.26. The van der Waals surface area contributed by atoms with Crippen molar-refractivity contribution >= 4 is 47.5 Å². The zero-order valence-corrected chi connectivity index (χ0v) is 25.1. The summed E-state index contributed by atoms with van der Waals surface area (Å²) in [5.74, 6) is -7.40. The maximum Gasteiger partial charge on any atom is 0.329 e. The van der Waals surface area contributed by atoms with Crippen LogP contribution in [0.15, 0.2) is 24.3 Å². The number of ether oxygens (including phenoxy) is 4. The molecule has 17 heteroatoms. The normalized spacial score (nSPS) is 21.2. The summed E-state index contributed by atoms with van der Waals surface area (Å²) in [5.41, 5.74) is 1.76. The fourth-order valence-corrected chi connectivity index (χ4v) is 4.32. The van der Waals surface area contributed by atoms with E-state index in [0.717, 1.165) is 38.0 Å². The van der Waals surface area contributed by atoms with Crippen LogP contribution in [0.3, 0.4) is 0 Å². The summed E-state index contributed by atoms with van der Waals surface area (Å²) in [4.78, 5) is 99.2. The van der Waals surface area contributed by atoms with Gasteiger partial charge in [0.1, 0.15) is 25.7 Å². The van der Waals surface area contributed by atoms with Crippen LogP contribution in [0.5, 0.6) is 0 Å². The van der Waals surface area contributed by atoms with Gasteiger partial charge in [-0.25, -0.2) is 4.79 Å². The van der Waals surface area contributed by atoms with Crippen molar-refractivity contribution in [3.8, 4) is 0 Å². The number of rotatable bonds is 4. The van der Waals surface area contributed by atoms with Crippen molar-refractivity contribution in [2.24, 2.45) is 0 Å². The number of nitrogens with zero attached hydrogens (tertiary/aromatic N) is 1. The van der Waals surface area contributed by atoms with Crippen LogP contribution in [-0.2, 0) is 70.3 Å². The van der Waals surface area contributed by atoms with Crippen molar-refractivity contribution in [3.63, 3.8) is 0 Å². The van der Waals surface area contributed by atoms with Gasteiger partial charge in [-0.2, -0.15) is 0 Å². The summed E-state index contributed by atoms with van der Waals surface area (Å²) in [6.07, 6.45) is 3.52. The van der Waals surface area contributed by atoms with E-state index in [1.54, 1.807) is 0 Å². The third-order valence-electron chi connectivity index (χ3n) is 6.67. The minimum atomic E-state index is -1.28. The summed E-state index contributed by atoms with van der Waals surface area (Å²) < 4.78 is 19.2. The van der Waals surface area contributed by atoms with Crippen molar-refractivity contribution in [1.82, 2.24) is 26.2 Å². The molecule has 1 aromatic rings. The van der Waals surface area contributed by atoms with Gasteiger partial charge in [0.2, 0.25) is 0 Å². The van der Waals surface area contributed by atoms with Crippen LogP contribution in [0.4, 0.5) is 0 Å². The molecule has 17 nitrogen and oxygen atoms in total. The van der Waals surface area contributed by atoms with E-state index in [-0.39, 0.29) is 6.42 Å². The van der Waals surface area contributed by atoms with Crippen molar-refractivity contribution in [2.45, 2.75) is 38.3 Å². The molecule has 2 saturated heterocycles. The third-order valence-corrected chi connectivity index (χ3v) is 6.67. The molecule has 46 heavy (non-hydrogen) atoms. The van der Waals surface area contributed by atoms with Gasteiger partial charge in [-0.05, 0) is 37.1 Å². The predicted octanol–water partition coefficient (Wildman–Crippen LogP) is -2.77. The summed E-state index contributed by atoms with van der Waals surface area (Å²) in [6, 6.07) is 6.18. The topological polar surface area (TPSA) is 225 Å². The second kappa shape index (κ2) is 18.7. The molecule has 4 amide bonds. The van der Waals surface area contributed by atoms with Crippen LogP contribution in [0.25, 0.3) is 0 Å². The van der Waals surface area contributed by atoms with Gasteiger partial charge in [0, 0.05) is 13.0 Å². The minimum Gasteiger partial charge on any atom is -0.454 e. The highest BCUT2D eigenvalue weighted by Crippen LogP contribution is 2.14. The van der Waals surface area contributed by atoms with E-state index in [4.69, 9.17) is 9.47 Å². The van der Waals surface area contributed by atoms with E-state index in [0.29, 0.717) is 5.56 Å². The zero-order chi connectivity index (χ0) is 33.3. The highest BCUT2D eigenvalue weighted by Gasteiger charge is 2.25. The molecule has 3 rings (SSSR count). The first-order chi connectivity index (χ1) is 22.1. The maximum absolute atomic E-state index is 12.9. The van der Waals surface area contributed by atoms with Crippen LogP contribution in [0, 0.1) is 0 Å². The summed E-state index contributed by atoms with van der Waals surface area (Å²) in [5, 5.41) is 8.82. The van der Waals surface area contributed by atoms with Gasteiger partial charge in [0.05, 0.1) is 0 Å². The molecule has 0 saturated carbocycles. The smallest absolute Gasteiger partial charge is 0.329 e. The van der Waals surface area contributed by atoms with Gasteiger partial charge < -0.3 is 40.2 Å². The Hall–Kier alpha value is -5.06. The van der Waals surface area contributed by atoms with E-state index >= 15 is 0 Å². The number of carbonyl (C=O) groups excluding carboxylic acids is 8. The monoisotopic (exact) mass is 647 g/mol. The SMILES string of the molecule is O=C1COC(=O)CNC(=O)COC(=O)C(Cc2ccc(CN3CCCCC3)cc2)NC(=O)COC(=O)CNC(=O)COC(=O)CN1. The second-order valence-corrected chi connectivity index (χ2v) is 10.4. The molecule has 0 radical (unpaired) electrons. The van der Waals surface area contributed by atoms with Gasteiger partial charge >= 0.3 is 23.9 Å². The molecule has 4 N–H and O–H groups in total. The highest BCUT2D eigenvalue weighted by molar-refractivity contribution is 5.90. The van der Waals surface area contributed by atoms with Crippen molar-refractivity contribution in [1.29, 1.82) is 0 Å². The lowest BCUT2D eigenvalue weighted by atomic mass is 10.0. The lowest BCUT2D eigenvalue weighted by Crippen LogP contribution is -2.46. The quantitative estimate of drug-likeness (QED) is 0.192. The first kappa shape index (κ1) is 35.4. The molecular weight excluding hydrogens is 610 g/mol. The van der Waals surface area contributed by atoms with Gasteiger partial charge in [0.25, 0.3) is 23.6 Å². The number of hydrogen-bond acceptors (Lipinski definition) is 13. The Labute approximate surface area is 264 Å². The molecule has 0 aliphatic carbocycles. The van der Waals surface area contributed by atoms with Gasteiger partial charge in [-0.1, -0.05) is 30.7 Å². The number of carbonyl (C=O) groups is 8. The number of esters is 4. The van der Waals surface area contributed by atoms with Gasteiger partial charge in [-0.3, -0.25) is 38.5 Å². The minimum absolute atomic E-state index is 0.0205. The van der Waals surface area contributed by atoms with Gasteiger partial charge in [0.15, 0.2) is 26.4 Å². The Kier molecular flexibility index (Phi) is 14.4. The fraction of sp³-hybridized carbons (Fsp3) is 0.517. The number of likely N-dealkylation sites (tertiary alicyclic amines) is 1. The maximum atomic E-state index is 12.9. The van der Waals surface area contributed by atoms with Gasteiger partial charge in [-0.15, -0.1) is 0 Å². The molecule has 1 aromatic carbocycles. The number of hydrogen-bond donors (Lipinski definition) is 4. The molecule has 2 aliphatic rings. The fourth-order valence-electron chi connectivity index (χ4n) is 4.32. The molecule has 2 aliphatic heterocycles. The number of amides is 4. The zero-order valence-electron chi connectivity index (χ0n) is 25.1. The Bertz CT molecular complexity index is 1280. The van der Waals surface area contributed by atoms with Crippen molar-refractivity contribution < 1.29 is 57.3 Å². The van der Waals surface area contributed by atoms with Crippen molar-refractivity contribution in [2.75, 3.05) is 59.2 Å². The van der Waals surface area contributed by atoms with Crippen molar-refractivity contribution in [3.05, 3.63) is 35.4 Å². The first-order valence-electron chi connectivity index (χ1n) is 14.6. The van der Waals surface area contributed by atoms with Crippen LogP contribution in [-0.4, -0.2) is 118 Å². The Morgan fingerprint density at radius 1 is 0.565 bits per heavy atom. The van der Waals surface area contributed by atoms with E-state index in [1.807, 2.05) is 24.3 Å². The number of benzene rings is 1.